The van der Waals surface area contributed by atoms with Crippen molar-refractivity contribution in [3.05, 3.63) is 0 Å². The van der Waals surface area contributed by atoms with Crippen molar-refractivity contribution >= 4 is 5.96 Å². The van der Waals surface area contributed by atoms with Gasteiger partial charge in [-0.2, -0.15) is 0 Å². The van der Waals surface area contributed by atoms with Crippen molar-refractivity contribution in [3.8, 4) is 0 Å². The highest BCUT2D eigenvalue weighted by atomic mass is 16.3. The van der Waals surface area contributed by atoms with Gasteiger partial charge in [-0.1, -0.05) is 6.92 Å². The maximum atomic E-state index is 9.07. The molecule has 12 heavy (non-hydrogen) atoms. The minimum absolute atomic E-state index is 0.0476. The summed E-state index contributed by atoms with van der Waals surface area (Å²) < 4.78 is 0. The van der Waals surface area contributed by atoms with E-state index in [0.717, 1.165) is 25.9 Å². The molecule has 4 nitrogen and oxygen atoms in total. The second-order valence-corrected chi connectivity index (χ2v) is 3.84. The van der Waals surface area contributed by atoms with E-state index >= 15 is 0 Å². The lowest BCUT2D eigenvalue weighted by atomic mass is 9.81. The van der Waals surface area contributed by atoms with Gasteiger partial charge in [0.1, 0.15) is 0 Å². The first-order valence-corrected chi connectivity index (χ1v) is 4.27. The molecule has 0 aromatic heterocycles. The predicted octanol–water partition coefficient (Wildman–Crippen LogP) is -0.0257. The largest absolute Gasteiger partial charge is 0.396 e. The van der Waals surface area contributed by atoms with Crippen LogP contribution in [0.2, 0.25) is 0 Å². The minimum atomic E-state index is 0.0476. The lowest BCUT2D eigenvalue weighted by Gasteiger charge is -2.38. The van der Waals surface area contributed by atoms with Gasteiger partial charge in [-0.25, -0.2) is 0 Å². The number of hydrogen-bond donors (Lipinski definition) is 3. The Hall–Kier alpha value is -0.770. The van der Waals surface area contributed by atoms with E-state index in [2.05, 4.69) is 6.92 Å². The SMILES string of the molecule is CC1(CO)CCN(C(=N)N)CC1. The van der Waals surface area contributed by atoms with E-state index in [0.29, 0.717) is 0 Å². The van der Waals surface area contributed by atoms with Gasteiger partial charge in [0.15, 0.2) is 5.96 Å². The summed E-state index contributed by atoms with van der Waals surface area (Å²) >= 11 is 0. The zero-order valence-electron chi connectivity index (χ0n) is 7.51. The quantitative estimate of drug-likeness (QED) is 0.383. The number of aliphatic hydroxyl groups is 1. The Balaban J connectivity index is 2.44. The number of hydrogen-bond acceptors (Lipinski definition) is 2. The molecular weight excluding hydrogens is 154 g/mol. The highest BCUT2D eigenvalue weighted by molar-refractivity contribution is 5.74. The zero-order chi connectivity index (χ0) is 9.19. The number of rotatable bonds is 1. The summed E-state index contributed by atoms with van der Waals surface area (Å²) in [5.41, 5.74) is 5.39. The van der Waals surface area contributed by atoms with Crippen molar-refractivity contribution in [1.29, 1.82) is 5.41 Å². The molecule has 70 valence electrons. The second kappa shape index (κ2) is 3.31. The third-order valence-electron chi connectivity index (χ3n) is 2.69. The summed E-state index contributed by atoms with van der Waals surface area (Å²) in [6.07, 6.45) is 1.84. The molecule has 0 bridgehead atoms. The molecule has 0 aromatic carbocycles. The first-order valence-electron chi connectivity index (χ1n) is 4.27. The van der Waals surface area contributed by atoms with Crippen LogP contribution in [-0.4, -0.2) is 35.7 Å². The van der Waals surface area contributed by atoms with Crippen LogP contribution in [0.4, 0.5) is 0 Å². The van der Waals surface area contributed by atoms with Gasteiger partial charge in [-0.3, -0.25) is 5.41 Å². The third-order valence-corrected chi connectivity index (χ3v) is 2.69. The van der Waals surface area contributed by atoms with E-state index in [1.165, 1.54) is 0 Å². The van der Waals surface area contributed by atoms with E-state index in [-0.39, 0.29) is 18.0 Å². The fourth-order valence-corrected chi connectivity index (χ4v) is 1.45. The van der Waals surface area contributed by atoms with Gasteiger partial charge < -0.3 is 15.7 Å². The zero-order valence-corrected chi connectivity index (χ0v) is 7.51. The van der Waals surface area contributed by atoms with Crippen LogP contribution in [0.3, 0.4) is 0 Å². The topological polar surface area (TPSA) is 73.3 Å². The van der Waals surface area contributed by atoms with Crippen molar-refractivity contribution in [1.82, 2.24) is 4.90 Å². The van der Waals surface area contributed by atoms with Crippen LogP contribution in [0.15, 0.2) is 0 Å². The van der Waals surface area contributed by atoms with Crippen LogP contribution >= 0.6 is 0 Å². The molecule has 4 heteroatoms. The molecule has 1 fully saturated rings. The number of guanidine groups is 1. The second-order valence-electron chi connectivity index (χ2n) is 3.84. The number of nitrogens with one attached hydrogen (secondary N) is 1. The van der Waals surface area contributed by atoms with Crippen molar-refractivity contribution in [3.63, 3.8) is 0 Å². The molecule has 1 aliphatic heterocycles. The molecule has 1 aliphatic rings. The Bertz CT molecular complexity index is 173. The Morgan fingerprint density at radius 3 is 2.42 bits per heavy atom. The fraction of sp³-hybridized carbons (Fsp3) is 0.875. The molecule has 0 radical (unpaired) electrons. The normalized spacial score (nSPS) is 22.3. The Kier molecular flexibility index (Phi) is 2.57. The van der Waals surface area contributed by atoms with Gasteiger partial charge in [0.25, 0.3) is 0 Å². The van der Waals surface area contributed by atoms with Gasteiger partial charge in [0.05, 0.1) is 0 Å². The molecule has 1 saturated heterocycles. The summed E-state index contributed by atoms with van der Waals surface area (Å²) in [5, 5.41) is 16.3. The Morgan fingerprint density at radius 1 is 1.58 bits per heavy atom. The number of aliphatic hydroxyl groups excluding tert-OH is 1. The van der Waals surface area contributed by atoms with Gasteiger partial charge in [0.2, 0.25) is 0 Å². The molecule has 0 aromatic rings. The van der Waals surface area contributed by atoms with Crippen LogP contribution in [0.5, 0.6) is 0 Å². The average Bonchev–Trinajstić information content (AvgIpc) is 2.05. The highest BCUT2D eigenvalue weighted by Crippen LogP contribution is 2.29. The molecule has 0 atom stereocenters. The fourth-order valence-electron chi connectivity index (χ4n) is 1.45. The van der Waals surface area contributed by atoms with Crippen LogP contribution < -0.4 is 5.73 Å². The van der Waals surface area contributed by atoms with Gasteiger partial charge in [-0.15, -0.1) is 0 Å². The summed E-state index contributed by atoms with van der Waals surface area (Å²) in [4.78, 5) is 1.84. The van der Waals surface area contributed by atoms with Crippen LogP contribution in [-0.2, 0) is 0 Å². The van der Waals surface area contributed by atoms with Crippen molar-refractivity contribution < 1.29 is 5.11 Å². The van der Waals surface area contributed by atoms with Crippen LogP contribution in [0.1, 0.15) is 19.8 Å². The maximum Gasteiger partial charge on any atom is 0.188 e. The molecule has 0 saturated carbocycles. The lowest BCUT2D eigenvalue weighted by Crippen LogP contribution is -2.46. The number of nitrogens with two attached hydrogens (primary N) is 1. The van der Waals surface area contributed by atoms with Crippen LogP contribution in [0.25, 0.3) is 0 Å². The Morgan fingerprint density at radius 2 is 2.08 bits per heavy atom. The average molecular weight is 171 g/mol. The summed E-state index contributed by atoms with van der Waals surface area (Å²) in [7, 11) is 0. The Labute approximate surface area is 72.9 Å². The van der Waals surface area contributed by atoms with Gasteiger partial charge in [0, 0.05) is 19.7 Å². The predicted molar refractivity (Wildman–Crippen MR) is 47.9 cm³/mol. The van der Waals surface area contributed by atoms with E-state index in [1.54, 1.807) is 0 Å². The molecule has 1 heterocycles. The first-order chi connectivity index (χ1) is 5.57. The van der Waals surface area contributed by atoms with E-state index < -0.39 is 0 Å². The van der Waals surface area contributed by atoms with Gasteiger partial charge in [-0.05, 0) is 18.3 Å². The van der Waals surface area contributed by atoms with E-state index in [1.807, 2.05) is 4.90 Å². The molecule has 1 rings (SSSR count). The van der Waals surface area contributed by atoms with Crippen molar-refractivity contribution in [2.24, 2.45) is 11.1 Å². The number of nitrogens with zero attached hydrogens (tertiary/aromatic N) is 1. The molecule has 0 spiro atoms. The third kappa shape index (κ3) is 1.88. The monoisotopic (exact) mass is 171 g/mol. The maximum absolute atomic E-state index is 9.07. The van der Waals surface area contributed by atoms with Crippen LogP contribution in [0, 0.1) is 10.8 Å². The highest BCUT2D eigenvalue weighted by Gasteiger charge is 2.29. The van der Waals surface area contributed by atoms with Crippen molar-refractivity contribution in [2.75, 3.05) is 19.7 Å². The molecular formula is C8H17N3O. The summed E-state index contributed by atoms with van der Waals surface area (Å²) in [6.45, 7) is 3.90. The summed E-state index contributed by atoms with van der Waals surface area (Å²) in [6, 6.07) is 0. The van der Waals surface area contributed by atoms with E-state index in [4.69, 9.17) is 16.2 Å². The summed E-state index contributed by atoms with van der Waals surface area (Å²) in [5.74, 6) is 0.148. The molecule has 0 amide bonds. The van der Waals surface area contributed by atoms with E-state index in [9.17, 15) is 0 Å². The minimum Gasteiger partial charge on any atom is -0.396 e. The number of piperidine rings is 1. The first kappa shape index (κ1) is 9.32. The molecule has 4 N–H and O–H groups in total. The smallest absolute Gasteiger partial charge is 0.188 e. The van der Waals surface area contributed by atoms with Gasteiger partial charge >= 0.3 is 0 Å². The molecule has 0 unspecified atom stereocenters. The lowest BCUT2D eigenvalue weighted by molar-refractivity contribution is 0.0813. The molecule has 0 aliphatic carbocycles. The standard InChI is InChI=1S/C8H17N3O/c1-8(6-12)2-4-11(5-3-8)7(9)10/h12H,2-6H2,1H3,(H3,9,10). The number of likely N-dealkylation sites (tertiary alicyclic amines) is 1. The van der Waals surface area contributed by atoms with Crippen molar-refractivity contribution in [2.45, 2.75) is 19.8 Å².